The summed E-state index contributed by atoms with van der Waals surface area (Å²) < 4.78 is 6.42. The number of hydrogen-bond donors (Lipinski definition) is 2. The lowest BCUT2D eigenvalue weighted by Crippen LogP contribution is -2.36. The second-order valence-corrected chi connectivity index (χ2v) is 8.22. The molecule has 6 nitrogen and oxygen atoms in total. The molecule has 1 aliphatic heterocycles. The topological polar surface area (TPSA) is 80.5 Å². The summed E-state index contributed by atoms with van der Waals surface area (Å²) in [6, 6.07) is 6.03. The zero-order valence-corrected chi connectivity index (χ0v) is 16.3. The predicted molar refractivity (Wildman–Crippen MR) is 104 cm³/mol. The molecule has 3 N–H and O–H groups in total. The number of halogens is 1. The van der Waals surface area contributed by atoms with Crippen molar-refractivity contribution in [1.82, 2.24) is 9.88 Å². The van der Waals surface area contributed by atoms with Crippen LogP contribution in [0.15, 0.2) is 28.9 Å². The van der Waals surface area contributed by atoms with Gasteiger partial charge in [0.1, 0.15) is 5.60 Å². The minimum atomic E-state index is -0.486. The molecule has 1 unspecified atom stereocenters. The van der Waals surface area contributed by atoms with E-state index < -0.39 is 5.60 Å². The molecule has 1 aromatic heterocycles. The third kappa shape index (κ3) is 4.15. The van der Waals surface area contributed by atoms with Gasteiger partial charge < -0.3 is 20.7 Å². The molecule has 2 heterocycles. The second-order valence-electron chi connectivity index (χ2n) is 7.31. The largest absolute Gasteiger partial charge is 0.444 e. The number of nitrogens with zero attached hydrogens (tertiary/aromatic N) is 2. The number of amides is 1. The van der Waals surface area contributed by atoms with Crippen molar-refractivity contribution in [1.29, 1.82) is 0 Å². The van der Waals surface area contributed by atoms with Gasteiger partial charge in [0.05, 0.1) is 23.1 Å². The van der Waals surface area contributed by atoms with Gasteiger partial charge in [-0.05, 0) is 45.4 Å². The molecule has 1 saturated heterocycles. The normalized spacial score (nSPS) is 17.8. The van der Waals surface area contributed by atoms with E-state index in [-0.39, 0.29) is 12.1 Å². The number of anilines is 2. The number of likely N-dealkylation sites (tertiary alicyclic amines) is 1. The molecule has 1 aromatic carbocycles. The maximum absolute atomic E-state index is 12.2. The molecule has 1 amide bonds. The lowest BCUT2D eigenvalue weighted by Gasteiger charge is -2.24. The number of benzene rings is 1. The van der Waals surface area contributed by atoms with Crippen molar-refractivity contribution in [2.24, 2.45) is 0 Å². The van der Waals surface area contributed by atoms with Gasteiger partial charge in [-0.25, -0.2) is 4.79 Å². The molecule has 0 spiro atoms. The highest BCUT2D eigenvalue weighted by molar-refractivity contribution is 9.10. The van der Waals surface area contributed by atoms with Crippen molar-refractivity contribution >= 4 is 44.3 Å². The maximum Gasteiger partial charge on any atom is 0.410 e. The first-order chi connectivity index (χ1) is 11.7. The summed E-state index contributed by atoms with van der Waals surface area (Å²) in [6.07, 6.45) is 2.24. The number of fused-ring (bicyclic) bond motifs is 1. The number of nitrogens with two attached hydrogens (primary N) is 1. The number of ether oxygens (including phenoxy) is 1. The van der Waals surface area contributed by atoms with E-state index in [0.717, 1.165) is 27.5 Å². The van der Waals surface area contributed by atoms with E-state index in [1.54, 1.807) is 11.1 Å². The van der Waals surface area contributed by atoms with Gasteiger partial charge >= 0.3 is 6.09 Å². The summed E-state index contributed by atoms with van der Waals surface area (Å²) in [5.41, 5.74) is 8.00. The van der Waals surface area contributed by atoms with Crippen LogP contribution in [0.4, 0.5) is 16.2 Å². The van der Waals surface area contributed by atoms with Crippen LogP contribution in [-0.4, -0.2) is 40.7 Å². The van der Waals surface area contributed by atoms with Crippen LogP contribution in [0.3, 0.4) is 0 Å². The van der Waals surface area contributed by atoms with Gasteiger partial charge in [-0.3, -0.25) is 4.98 Å². The molecule has 7 heteroatoms. The van der Waals surface area contributed by atoms with Crippen molar-refractivity contribution in [3.05, 3.63) is 28.9 Å². The minimum absolute atomic E-state index is 0.124. The molecule has 1 aliphatic rings. The second kappa shape index (κ2) is 6.71. The van der Waals surface area contributed by atoms with Crippen LogP contribution in [0, 0.1) is 0 Å². The van der Waals surface area contributed by atoms with Gasteiger partial charge in [-0.15, -0.1) is 0 Å². The molecule has 0 radical (unpaired) electrons. The fraction of sp³-hybridized carbons (Fsp3) is 0.444. The van der Waals surface area contributed by atoms with Crippen molar-refractivity contribution in [2.45, 2.75) is 38.8 Å². The van der Waals surface area contributed by atoms with Gasteiger partial charge in [0, 0.05) is 29.0 Å². The van der Waals surface area contributed by atoms with Gasteiger partial charge in [-0.1, -0.05) is 15.9 Å². The molecule has 1 atom stereocenters. The Bertz CT molecular complexity index is 798. The summed E-state index contributed by atoms with van der Waals surface area (Å²) in [7, 11) is 0. The molecule has 2 aromatic rings. The highest BCUT2D eigenvalue weighted by Gasteiger charge is 2.30. The first-order valence-corrected chi connectivity index (χ1v) is 9.10. The van der Waals surface area contributed by atoms with Crippen LogP contribution in [0.1, 0.15) is 27.2 Å². The maximum atomic E-state index is 12.2. The number of aromatic nitrogens is 1. The van der Waals surface area contributed by atoms with E-state index in [9.17, 15) is 4.79 Å². The lowest BCUT2D eigenvalue weighted by atomic mass is 10.1. The molecule has 3 rings (SSSR count). The Morgan fingerprint density at radius 1 is 1.44 bits per heavy atom. The highest BCUT2D eigenvalue weighted by atomic mass is 79.9. The average molecular weight is 407 g/mol. The smallest absolute Gasteiger partial charge is 0.410 e. The third-order valence-corrected chi connectivity index (χ3v) is 4.54. The summed E-state index contributed by atoms with van der Waals surface area (Å²) >= 11 is 3.49. The molecular formula is C18H23BrN4O2. The molecule has 0 saturated carbocycles. The first kappa shape index (κ1) is 17.8. The van der Waals surface area contributed by atoms with E-state index in [4.69, 9.17) is 10.5 Å². The quantitative estimate of drug-likeness (QED) is 0.787. The minimum Gasteiger partial charge on any atom is -0.444 e. The Morgan fingerprint density at radius 3 is 2.92 bits per heavy atom. The van der Waals surface area contributed by atoms with E-state index in [0.29, 0.717) is 18.8 Å². The van der Waals surface area contributed by atoms with E-state index >= 15 is 0 Å². The third-order valence-electron chi connectivity index (χ3n) is 4.05. The van der Waals surface area contributed by atoms with E-state index in [1.165, 1.54) is 0 Å². The number of carbonyl (C=O) groups is 1. The number of nitrogen functional groups attached to an aromatic ring is 1. The van der Waals surface area contributed by atoms with Crippen LogP contribution in [0.5, 0.6) is 0 Å². The van der Waals surface area contributed by atoms with Crippen molar-refractivity contribution in [2.75, 3.05) is 24.1 Å². The lowest BCUT2D eigenvalue weighted by molar-refractivity contribution is 0.0293. The predicted octanol–water partition coefficient (Wildman–Crippen LogP) is 4.00. The van der Waals surface area contributed by atoms with E-state index in [1.807, 2.05) is 39.0 Å². The van der Waals surface area contributed by atoms with Crippen molar-refractivity contribution in [3.8, 4) is 0 Å². The van der Waals surface area contributed by atoms with Gasteiger partial charge in [0.25, 0.3) is 0 Å². The average Bonchev–Trinajstić information content (AvgIpc) is 2.97. The molecule has 134 valence electrons. The Hall–Kier alpha value is -2.02. The number of carbonyl (C=O) groups excluding carboxylic acids is 1. The van der Waals surface area contributed by atoms with Gasteiger partial charge in [0.15, 0.2) is 0 Å². The number of hydrogen-bond acceptors (Lipinski definition) is 5. The highest BCUT2D eigenvalue weighted by Crippen LogP contribution is 2.31. The SMILES string of the molecule is CC(C)(C)OC(=O)N1CCC(Nc2c(N)cnc3ccc(Br)cc23)C1. The summed E-state index contributed by atoms with van der Waals surface area (Å²) in [4.78, 5) is 18.3. The first-order valence-electron chi connectivity index (χ1n) is 8.31. The number of nitrogens with one attached hydrogen (secondary N) is 1. The Morgan fingerprint density at radius 2 is 2.20 bits per heavy atom. The Balaban J connectivity index is 1.76. The zero-order valence-electron chi connectivity index (χ0n) is 14.7. The molecule has 1 fully saturated rings. The summed E-state index contributed by atoms with van der Waals surface area (Å²) in [5, 5.41) is 4.45. The fourth-order valence-corrected chi connectivity index (χ4v) is 3.28. The van der Waals surface area contributed by atoms with Crippen LogP contribution in [0.2, 0.25) is 0 Å². The monoisotopic (exact) mass is 406 g/mol. The molecule has 0 aliphatic carbocycles. The molecule has 0 bridgehead atoms. The van der Waals surface area contributed by atoms with Gasteiger partial charge in [-0.2, -0.15) is 0 Å². The van der Waals surface area contributed by atoms with Crippen LogP contribution in [0.25, 0.3) is 10.9 Å². The van der Waals surface area contributed by atoms with E-state index in [2.05, 4.69) is 26.2 Å². The molecular weight excluding hydrogens is 384 g/mol. The number of pyridine rings is 1. The summed E-state index contributed by atoms with van der Waals surface area (Å²) in [5.74, 6) is 0. The van der Waals surface area contributed by atoms with Crippen LogP contribution in [-0.2, 0) is 4.74 Å². The Labute approximate surface area is 155 Å². The summed E-state index contributed by atoms with van der Waals surface area (Å²) in [6.45, 7) is 6.88. The number of rotatable bonds is 2. The van der Waals surface area contributed by atoms with Crippen LogP contribution >= 0.6 is 15.9 Å². The van der Waals surface area contributed by atoms with Crippen molar-refractivity contribution in [3.63, 3.8) is 0 Å². The van der Waals surface area contributed by atoms with Crippen LogP contribution < -0.4 is 11.1 Å². The van der Waals surface area contributed by atoms with Gasteiger partial charge in [0.2, 0.25) is 0 Å². The molecule has 25 heavy (non-hydrogen) atoms. The Kier molecular flexibility index (Phi) is 4.77. The fourth-order valence-electron chi connectivity index (χ4n) is 2.92. The van der Waals surface area contributed by atoms with Crippen molar-refractivity contribution < 1.29 is 9.53 Å². The zero-order chi connectivity index (χ0) is 18.2. The standard InChI is InChI=1S/C18H23BrN4O2/c1-18(2,3)25-17(24)23-7-6-12(10-23)22-16-13-8-11(19)4-5-15(13)21-9-14(16)20/h4-5,8-9,12H,6-7,10,20H2,1-3H3,(H,21,22).